The van der Waals surface area contributed by atoms with Crippen molar-refractivity contribution in [2.24, 2.45) is 0 Å². The van der Waals surface area contributed by atoms with E-state index in [-0.39, 0.29) is 5.78 Å². The number of Topliss-reactive ketones (excluding diaryl/α,β-unsaturated/α-hetero) is 1. The molecule has 0 aliphatic carbocycles. The zero-order valence-corrected chi connectivity index (χ0v) is 7.84. The molecule has 0 bridgehead atoms. The molecule has 0 aromatic carbocycles. The second-order valence-electron chi connectivity index (χ2n) is 2.39. The van der Waals surface area contributed by atoms with Gasteiger partial charge in [0.2, 0.25) is 0 Å². The van der Waals surface area contributed by atoms with E-state index in [0.29, 0.717) is 6.42 Å². The Hall–Kier alpha value is -0.340. The summed E-state index contributed by atoms with van der Waals surface area (Å²) in [6.45, 7) is 1.60. The minimum absolute atomic E-state index is 0.217. The Morgan fingerprint density at radius 1 is 1.73 bits per heavy atom. The van der Waals surface area contributed by atoms with E-state index in [9.17, 15) is 4.79 Å². The normalized spacial score (nSPS) is 10.0. The Morgan fingerprint density at radius 2 is 2.45 bits per heavy atom. The van der Waals surface area contributed by atoms with E-state index < -0.39 is 0 Å². The average Bonchev–Trinajstić information content (AvgIpc) is 2.31. The number of rotatable bonds is 3. The van der Waals surface area contributed by atoms with Crippen molar-refractivity contribution in [3.8, 4) is 0 Å². The van der Waals surface area contributed by atoms with Crippen molar-refractivity contribution in [2.75, 3.05) is 0 Å². The van der Waals surface area contributed by atoms with Crippen LogP contribution in [-0.4, -0.2) is 5.78 Å². The first-order chi connectivity index (χ1) is 5.20. The fourth-order valence-corrected chi connectivity index (χ4v) is 1.93. The van der Waals surface area contributed by atoms with E-state index in [0.717, 1.165) is 16.3 Å². The summed E-state index contributed by atoms with van der Waals surface area (Å²) in [4.78, 5) is 11.7. The van der Waals surface area contributed by atoms with Gasteiger partial charge in [0.15, 0.2) is 0 Å². The Kier molecular flexibility index (Phi) is 3.09. The van der Waals surface area contributed by atoms with Gasteiger partial charge in [-0.1, -0.05) is 11.6 Å². The lowest BCUT2D eigenvalue weighted by Gasteiger charge is -1.93. The predicted molar refractivity (Wildman–Crippen MR) is 48.3 cm³/mol. The summed E-state index contributed by atoms with van der Waals surface area (Å²) in [5.41, 5.74) is 0. The smallest absolute Gasteiger partial charge is 0.130 e. The largest absolute Gasteiger partial charge is 0.300 e. The van der Waals surface area contributed by atoms with Gasteiger partial charge in [0, 0.05) is 11.3 Å². The molecule has 1 aromatic heterocycles. The number of carbonyl (C=O) groups is 1. The minimum Gasteiger partial charge on any atom is -0.300 e. The molecule has 0 amide bonds. The van der Waals surface area contributed by atoms with Crippen LogP contribution in [0.25, 0.3) is 0 Å². The molecule has 1 rings (SSSR count). The number of hydrogen-bond acceptors (Lipinski definition) is 2. The van der Waals surface area contributed by atoms with E-state index in [2.05, 4.69) is 0 Å². The van der Waals surface area contributed by atoms with Crippen LogP contribution >= 0.6 is 22.9 Å². The Morgan fingerprint density at radius 3 is 2.91 bits per heavy atom. The molecule has 0 aliphatic rings. The van der Waals surface area contributed by atoms with Crippen LogP contribution in [0.2, 0.25) is 5.02 Å². The van der Waals surface area contributed by atoms with E-state index >= 15 is 0 Å². The molecule has 0 N–H and O–H groups in total. The lowest BCUT2D eigenvalue weighted by molar-refractivity contribution is -0.116. The molecule has 0 aliphatic heterocycles. The van der Waals surface area contributed by atoms with Crippen LogP contribution in [0.1, 0.15) is 18.2 Å². The third-order valence-corrected chi connectivity index (χ3v) is 2.84. The second-order valence-corrected chi connectivity index (χ2v) is 3.80. The van der Waals surface area contributed by atoms with Crippen molar-refractivity contribution in [3.63, 3.8) is 0 Å². The molecule has 60 valence electrons. The SMILES string of the molecule is CC(=O)CCc1sccc1Cl. The van der Waals surface area contributed by atoms with Gasteiger partial charge in [0.1, 0.15) is 5.78 Å². The van der Waals surface area contributed by atoms with Crippen molar-refractivity contribution in [1.82, 2.24) is 0 Å². The molecule has 1 aromatic rings. The number of hydrogen-bond donors (Lipinski definition) is 0. The summed E-state index contributed by atoms with van der Waals surface area (Å²) in [6, 6.07) is 1.86. The Bertz CT molecular complexity index is 254. The lowest BCUT2D eigenvalue weighted by atomic mass is 10.2. The topological polar surface area (TPSA) is 17.1 Å². The van der Waals surface area contributed by atoms with Crippen molar-refractivity contribution < 1.29 is 4.79 Å². The predicted octanol–water partition coefficient (Wildman–Crippen LogP) is 2.92. The summed E-state index contributed by atoms with van der Waals surface area (Å²) >= 11 is 7.43. The molecule has 0 saturated carbocycles. The monoisotopic (exact) mass is 188 g/mol. The van der Waals surface area contributed by atoms with Gasteiger partial charge in [-0.2, -0.15) is 0 Å². The molecule has 0 atom stereocenters. The van der Waals surface area contributed by atoms with Crippen LogP contribution in [0.15, 0.2) is 11.4 Å². The second kappa shape index (κ2) is 3.88. The highest BCUT2D eigenvalue weighted by atomic mass is 35.5. The molecule has 3 heteroatoms. The molecule has 1 heterocycles. The van der Waals surface area contributed by atoms with E-state index in [4.69, 9.17) is 11.6 Å². The van der Waals surface area contributed by atoms with E-state index in [1.165, 1.54) is 0 Å². The summed E-state index contributed by atoms with van der Waals surface area (Å²) in [7, 11) is 0. The number of carbonyl (C=O) groups excluding carboxylic acids is 1. The number of aryl methyl sites for hydroxylation is 1. The minimum atomic E-state index is 0.217. The number of halogens is 1. The van der Waals surface area contributed by atoms with Crippen LogP contribution in [0.5, 0.6) is 0 Å². The maximum absolute atomic E-state index is 10.6. The molecule has 0 unspecified atom stereocenters. The van der Waals surface area contributed by atoms with Gasteiger partial charge >= 0.3 is 0 Å². The van der Waals surface area contributed by atoms with Gasteiger partial charge in [0.25, 0.3) is 0 Å². The maximum Gasteiger partial charge on any atom is 0.130 e. The van der Waals surface area contributed by atoms with Crippen molar-refractivity contribution in [1.29, 1.82) is 0 Å². The van der Waals surface area contributed by atoms with Crippen LogP contribution in [0.4, 0.5) is 0 Å². The van der Waals surface area contributed by atoms with Crippen molar-refractivity contribution in [3.05, 3.63) is 21.3 Å². The van der Waals surface area contributed by atoms with Crippen LogP contribution < -0.4 is 0 Å². The highest BCUT2D eigenvalue weighted by Gasteiger charge is 2.02. The Labute approximate surface area is 75.0 Å². The number of thiophene rings is 1. The zero-order valence-electron chi connectivity index (χ0n) is 6.26. The first-order valence-corrected chi connectivity index (χ1v) is 4.67. The summed E-state index contributed by atoms with van der Waals surface area (Å²) < 4.78 is 0. The van der Waals surface area contributed by atoms with Gasteiger partial charge in [-0.15, -0.1) is 11.3 Å². The molecule has 0 radical (unpaired) electrons. The van der Waals surface area contributed by atoms with Crippen LogP contribution in [0, 0.1) is 0 Å². The fourth-order valence-electron chi connectivity index (χ4n) is 0.793. The summed E-state index contributed by atoms with van der Waals surface area (Å²) in [5.74, 6) is 0.217. The lowest BCUT2D eigenvalue weighted by Crippen LogP contribution is -1.91. The standard InChI is InChI=1S/C8H9ClOS/c1-6(10)2-3-8-7(9)4-5-11-8/h4-5H,2-3H2,1H3. The third kappa shape index (κ3) is 2.64. The van der Waals surface area contributed by atoms with Gasteiger partial charge in [-0.3, -0.25) is 0 Å². The average molecular weight is 189 g/mol. The fraction of sp³-hybridized carbons (Fsp3) is 0.375. The molecule has 0 spiro atoms. The maximum atomic E-state index is 10.6. The van der Waals surface area contributed by atoms with Crippen LogP contribution in [-0.2, 0) is 11.2 Å². The first-order valence-electron chi connectivity index (χ1n) is 3.41. The molecule has 1 nitrogen and oxygen atoms in total. The quantitative estimate of drug-likeness (QED) is 0.713. The Balaban J connectivity index is 2.51. The molecule has 11 heavy (non-hydrogen) atoms. The molecule has 0 saturated heterocycles. The first kappa shape index (κ1) is 8.75. The number of ketones is 1. The molecular weight excluding hydrogens is 180 g/mol. The van der Waals surface area contributed by atoms with Crippen molar-refractivity contribution >= 4 is 28.7 Å². The van der Waals surface area contributed by atoms with Gasteiger partial charge in [-0.05, 0) is 24.8 Å². The molecule has 0 fully saturated rings. The zero-order chi connectivity index (χ0) is 8.27. The van der Waals surface area contributed by atoms with Crippen LogP contribution in [0.3, 0.4) is 0 Å². The summed E-state index contributed by atoms with van der Waals surface area (Å²) in [5, 5.41) is 2.73. The van der Waals surface area contributed by atoms with Gasteiger partial charge < -0.3 is 4.79 Å². The highest BCUT2D eigenvalue weighted by molar-refractivity contribution is 7.10. The van der Waals surface area contributed by atoms with E-state index in [1.54, 1.807) is 18.3 Å². The highest BCUT2D eigenvalue weighted by Crippen LogP contribution is 2.23. The summed E-state index contributed by atoms with van der Waals surface area (Å²) in [6.07, 6.45) is 1.38. The van der Waals surface area contributed by atoms with Gasteiger partial charge in [-0.25, -0.2) is 0 Å². The van der Waals surface area contributed by atoms with Crippen molar-refractivity contribution in [2.45, 2.75) is 19.8 Å². The van der Waals surface area contributed by atoms with Gasteiger partial charge in [0.05, 0.1) is 5.02 Å². The van der Waals surface area contributed by atoms with E-state index in [1.807, 2.05) is 11.4 Å². The molecular formula is C8H9ClOS. The third-order valence-electron chi connectivity index (χ3n) is 1.40.